The minimum absolute atomic E-state index is 0. The van der Waals surface area contributed by atoms with Crippen LogP contribution in [0.4, 0.5) is 0 Å². The first-order valence-corrected chi connectivity index (χ1v) is 11.1. The van der Waals surface area contributed by atoms with Gasteiger partial charge in [-0.2, -0.15) is 11.2 Å². The smallest absolute Gasteiger partial charge is 0.483 e. The Morgan fingerprint density at radius 2 is 1.97 bits per heavy atom. The number of H-pyrrole nitrogens is 1. The Morgan fingerprint density at radius 3 is 2.61 bits per heavy atom. The van der Waals surface area contributed by atoms with Crippen LogP contribution in [0.3, 0.4) is 0 Å². The van der Waals surface area contributed by atoms with Crippen molar-refractivity contribution in [2.75, 3.05) is 20.2 Å². The van der Waals surface area contributed by atoms with Crippen LogP contribution in [-0.2, 0) is 16.6 Å². The van der Waals surface area contributed by atoms with Crippen molar-refractivity contribution in [3.8, 4) is 0 Å². The molecule has 1 aliphatic rings. The predicted molar refractivity (Wildman–Crippen MR) is 128 cm³/mol. The Morgan fingerprint density at radius 1 is 1.24 bits per heavy atom. The molecule has 0 radical (unpaired) electrons. The minimum Gasteiger partial charge on any atom is -0.483 e. The molecule has 0 spiro atoms. The number of aromatic nitrogens is 3. The molecule has 0 bridgehead atoms. The van der Waals surface area contributed by atoms with E-state index in [0.29, 0.717) is 11.6 Å². The zero-order chi connectivity index (χ0) is 23.1. The van der Waals surface area contributed by atoms with Crippen molar-refractivity contribution in [2.24, 2.45) is 18.5 Å². The molecule has 8 nitrogen and oxygen atoms in total. The fourth-order valence-electron chi connectivity index (χ4n) is 3.30. The molecule has 33 heavy (non-hydrogen) atoms. The number of ether oxygens (including phenoxy) is 1. The molecule has 1 aliphatic heterocycles. The van der Waals surface area contributed by atoms with E-state index in [0.717, 1.165) is 45.3 Å². The van der Waals surface area contributed by atoms with Crippen LogP contribution >= 0.6 is 11.8 Å². The summed E-state index contributed by atoms with van der Waals surface area (Å²) in [5, 5.41) is 8.02. The average Bonchev–Trinajstić information content (AvgIpc) is 3.55. The normalized spacial score (nSPS) is 14.0. The van der Waals surface area contributed by atoms with Crippen molar-refractivity contribution in [3.05, 3.63) is 65.7 Å². The van der Waals surface area contributed by atoms with E-state index in [1.165, 1.54) is 20.0 Å². The Balaban J connectivity index is 0.000000244. The van der Waals surface area contributed by atoms with Crippen molar-refractivity contribution in [3.63, 3.8) is 0 Å². The van der Waals surface area contributed by atoms with Crippen LogP contribution in [0.2, 0.25) is 0 Å². The summed E-state index contributed by atoms with van der Waals surface area (Å²) in [6, 6.07) is 8.00. The summed E-state index contributed by atoms with van der Waals surface area (Å²) in [5.41, 5.74) is 13.9. The maximum absolute atomic E-state index is 10.8. The molecule has 0 atom stereocenters. The number of allylic oxidation sites excluding steroid dienone is 2. The minimum atomic E-state index is 0. The number of nitrogens with two attached hydrogens (primary N) is 2. The van der Waals surface area contributed by atoms with Gasteiger partial charge in [0.2, 0.25) is 0 Å². The van der Waals surface area contributed by atoms with Crippen LogP contribution in [0, 0.1) is 6.92 Å². The molecule has 1 saturated heterocycles. The van der Waals surface area contributed by atoms with Gasteiger partial charge in [-0.05, 0) is 48.9 Å². The van der Waals surface area contributed by atoms with Crippen LogP contribution in [0.1, 0.15) is 24.2 Å². The largest absolute Gasteiger partial charge is 1.00 e. The second kappa shape index (κ2) is 12.8. The number of nitrogens with zero attached hydrogens (tertiary/aromatic N) is 3. The van der Waals surface area contributed by atoms with E-state index < -0.39 is 0 Å². The van der Waals surface area contributed by atoms with Gasteiger partial charge in [-0.25, -0.2) is 0 Å². The first kappa shape index (κ1) is 26.9. The van der Waals surface area contributed by atoms with E-state index in [1.807, 2.05) is 49.2 Å². The first-order valence-electron chi connectivity index (χ1n) is 10.3. The molecule has 170 valence electrons. The Labute approximate surface area is 220 Å². The molecule has 10 heteroatoms. The second-order valence-corrected chi connectivity index (χ2v) is 8.54. The van der Waals surface area contributed by atoms with Gasteiger partial charge in [0, 0.05) is 48.5 Å². The monoisotopic (exact) mass is 476 g/mol. The van der Waals surface area contributed by atoms with Crippen molar-refractivity contribution >= 4 is 29.0 Å². The van der Waals surface area contributed by atoms with Gasteiger partial charge >= 0.3 is 29.6 Å². The summed E-state index contributed by atoms with van der Waals surface area (Å²) in [6.45, 7) is 4.09. The third-order valence-corrected chi connectivity index (χ3v) is 6.48. The molecular formula is C23H29N6NaO2S. The number of rotatable bonds is 6. The molecule has 4 rings (SSSR count). The van der Waals surface area contributed by atoms with E-state index in [-0.39, 0.29) is 29.6 Å². The number of hydrogen-bond donors (Lipinski definition) is 3. The van der Waals surface area contributed by atoms with Gasteiger partial charge in [0.25, 0.3) is 0 Å². The topological polar surface area (TPSA) is 115 Å². The van der Waals surface area contributed by atoms with Gasteiger partial charge < -0.3 is 30.5 Å². The summed E-state index contributed by atoms with van der Waals surface area (Å²) >= 11 is 1.64. The molecule has 5 N–H and O–H groups in total. The third kappa shape index (κ3) is 7.07. The molecule has 2 aromatic heterocycles. The maximum atomic E-state index is 10.8. The molecule has 3 aromatic rings. The summed E-state index contributed by atoms with van der Waals surface area (Å²) in [7, 11) is 3.41. The van der Waals surface area contributed by atoms with Gasteiger partial charge in [-0.15, -0.1) is 11.8 Å². The van der Waals surface area contributed by atoms with Gasteiger partial charge in [0.05, 0.1) is 24.6 Å². The summed E-state index contributed by atoms with van der Waals surface area (Å²) in [4.78, 5) is 15.2. The molecule has 1 aromatic carbocycles. The molecular weight excluding hydrogens is 447 g/mol. The Bertz CT molecular complexity index is 1130. The Kier molecular flexibility index (Phi) is 10.4. The fraction of sp³-hybridized carbons (Fsp3) is 0.304. The zero-order valence-electron chi connectivity index (χ0n) is 19.6. The van der Waals surface area contributed by atoms with E-state index in [4.69, 9.17) is 16.2 Å². The van der Waals surface area contributed by atoms with E-state index in [1.54, 1.807) is 23.9 Å². The molecule has 0 aliphatic carbocycles. The predicted octanol–water partition coefficient (Wildman–Crippen LogP) is 0.152. The quantitative estimate of drug-likeness (QED) is 0.201. The first-order chi connectivity index (χ1) is 15.4. The van der Waals surface area contributed by atoms with E-state index in [9.17, 15) is 4.79 Å². The van der Waals surface area contributed by atoms with Crippen LogP contribution < -0.4 is 41.0 Å². The van der Waals surface area contributed by atoms with Crippen molar-refractivity contribution in [1.29, 1.82) is 0 Å². The number of carbonyl (C=O) groups excluding carboxylic acids is 1. The molecule has 0 amide bonds. The fourth-order valence-corrected chi connectivity index (χ4v) is 4.33. The van der Waals surface area contributed by atoms with Crippen molar-refractivity contribution < 1.29 is 39.1 Å². The Hall–Kier alpha value is -2.33. The van der Waals surface area contributed by atoms with Gasteiger partial charge in [0.1, 0.15) is 0 Å². The SMILES string of the molecule is CO/C(N)=C/C=C(\N)N1CCCC1.Cc1c(Sc2ccc3[nH]ncc3c2)cc([C-]=O)n1C.[Na+]. The number of benzene rings is 1. The standard InChI is InChI=1S/C14H12N3OS.C9H17N3O.Na/c1-9-14(6-11(8-18)17(9)2)19-12-3-4-13-10(5-12)7-15-16-13;1-13-9(11)5-4-8(10)12-6-2-3-7-12;/h3-7H,1-2H3,(H,15,16);4-5H,2-3,6-7,10-11H2,1H3;/q-1;;+1/b;8-4+,9-5+;. The maximum Gasteiger partial charge on any atom is 1.00 e. The van der Waals surface area contributed by atoms with Crippen molar-refractivity contribution in [1.82, 2.24) is 19.7 Å². The zero-order valence-corrected chi connectivity index (χ0v) is 22.4. The number of fused-ring (bicyclic) bond motifs is 1. The van der Waals surface area contributed by atoms with Gasteiger partial charge in [0.15, 0.2) is 5.88 Å². The van der Waals surface area contributed by atoms with Crippen LogP contribution in [-0.4, -0.2) is 46.1 Å². The second-order valence-electron chi connectivity index (χ2n) is 7.42. The molecule has 3 heterocycles. The summed E-state index contributed by atoms with van der Waals surface area (Å²) in [6.07, 6.45) is 9.66. The summed E-state index contributed by atoms with van der Waals surface area (Å²) in [5.74, 6) is 1.14. The van der Waals surface area contributed by atoms with Crippen molar-refractivity contribution in [2.45, 2.75) is 29.6 Å². The van der Waals surface area contributed by atoms with Crippen LogP contribution in [0.25, 0.3) is 10.9 Å². The average molecular weight is 477 g/mol. The van der Waals surface area contributed by atoms with Gasteiger partial charge in [-0.1, -0.05) is 5.69 Å². The van der Waals surface area contributed by atoms with Crippen LogP contribution in [0.15, 0.2) is 64.1 Å². The van der Waals surface area contributed by atoms with E-state index >= 15 is 0 Å². The number of methoxy groups -OCH3 is 1. The number of hydrogen-bond acceptors (Lipinski definition) is 7. The number of likely N-dealkylation sites (tertiary alicyclic amines) is 1. The molecule has 0 unspecified atom stereocenters. The third-order valence-electron chi connectivity index (χ3n) is 5.36. The number of nitrogens with one attached hydrogen (secondary N) is 1. The summed E-state index contributed by atoms with van der Waals surface area (Å²) < 4.78 is 6.64. The van der Waals surface area contributed by atoms with Crippen LogP contribution in [0.5, 0.6) is 0 Å². The number of aromatic amines is 1. The molecule has 1 fully saturated rings. The molecule has 0 saturated carbocycles. The van der Waals surface area contributed by atoms with E-state index in [2.05, 4.69) is 21.2 Å². The van der Waals surface area contributed by atoms with Gasteiger partial charge in [-0.3, -0.25) is 5.10 Å².